The first-order valence-corrected chi connectivity index (χ1v) is 6.22. The van der Waals surface area contributed by atoms with Crippen molar-refractivity contribution >= 4 is 11.6 Å². The standard InChI is InChI=1S/C13H17N3O3/c1-9(13(17)15(2)12-7-14-8-12)10-4-3-5-11(6-10)16(18)19/h3-6,9,12,14H,7-8H2,1-2H3. The minimum Gasteiger partial charge on any atom is -0.340 e. The summed E-state index contributed by atoms with van der Waals surface area (Å²) >= 11 is 0. The molecule has 102 valence electrons. The van der Waals surface area contributed by atoms with Gasteiger partial charge in [0.1, 0.15) is 0 Å². The lowest BCUT2D eigenvalue weighted by Crippen LogP contribution is -2.58. The van der Waals surface area contributed by atoms with E-state index in [0.717, 1.165) is 13.1 Å². The molecule has 1 amide bonds. The number of rotatable bonds is 4. The van der Waals surface area contributed by atoms with Gasteiger partial charge in [-0.15, -0.1) is 0 Å². The van der Waals surface area contributed by atoms with Crippen LogP contribution in [0.1, 0.15) is 18.4 Å². The third kappa shape index (κ3) is 2.73. The molecule has 19 heavy (non-hydrogen) atoms. The molecule has 1 atom stereocenters. The van der Waals surface area contributed by atoms with E-state index in [1.54, 1.807) is 31.0 Å². The number of hydrogen-bond donors (Lipinski definition) is 1. The van der Waals surface area contributed by atoms with E-state index in [0.29, 0.717) is 5.56 Å². The van der Waals surface area contributed by atoms with Crippen LogP contribution in [0.2, 0.25) is 0 Å². The third-order valence-corrected chi connectivity index (χ3v) is 3.61. The number of benzene rings is 1. The molecule has 1 heterocycles. The van der Waals surface area contributed by atoms with Gasteiger partial charge in [0.2, 0.25) is 5.91 Å². The molecule has 0 saturated carbocycles. The van der Waals surface area contributed by atoms with Gasteiger partial charge in [-0.25, -0.2) is 0 Å². The molecule has 1 fully saturated rings. The smallest absolute Gasteiger partial charge is 0.269 e. The Morgan fingerprint density at radius 2 is 2.21 bits per heavy atom. The fourth-order valence-electron chi connectivity index (χ4n) is 2.08. The molecule has 2 rings (SSSR count). The second kappa shape index (κ2) is 5.36. The number of nitro groups is 1. The Labute approximate surface area is 111 Å². The van der Waals surface area contributed by atoms with E-state index in [2.05, 4.69) is 5.32 Å². The molecule has 0 aromatic heterocycles. The number of carbonyl (C=O) groups excluding carboxylic acids is 1. The Morgan fingerprint density at radius 3 is 2.74 bits per heavy atom. The number of carbonyl (C=O) groups is 1. The highest BCUT2D eigenvalue weighted by Crippen LogP contribution is 2.23. The largest absolute Gasteiger partial charge is 0.340 e. The Morgan fingerprint density at radius 1 is 1.53 bits per heavy atom. The molecule has 0 radical (unpaired) electrons. The van der Waals surface area contributed by atoms with Gasteiger partial charge in [-0.3, -0.25) is 14.9 Å². The minimum absolute atomic E-state index is 0.00741. The summed E-state index contributed by atoms with van der Waals surface area (Å²) < 4.78 is 0. The number of amides is 1. The summed E-state index contributed by atoms with van der Waals surface area (Å²) in [5.74, 6) is -0.377. The van der Waals surface area contributed by atoms with Crippen LogP contribution in [0.5, 0.6) is 0 Å². The number of nitrogens with zero attached hydrogens (tertiary/aromatic N) is 2. The first kappa shape index (κ1) is 13.5. The van der Waals surface area contributed by atoms with Gasteiger partial charge >= 0.3 is 0 Å². The van der Waals surface area contributed by atoms with Crippen LogP contribution in [0, 0.1) is 10.1 Å². The highest BCUT2D eigenvalue weighted by atomic mass is 16.6. The zero-order valence-electron chi connectivity index (χ0n) is 11.0. The van der Waals surface area contributed by atoms with E-state index in [1.807, 2.05) is 0 Å². The van der Waals surface area contributed by atoms with Gasteiger partial charge in [0, 0.05) is 32.3 Å². The Kier molecular flexibility index (Phi) is 3.80. The predicted octanol–water partition coefficient (Wildman–Crippen LogP) is 1.13. The zero-order chi connectivity index (χ0) is 14.0. The van der Waals surface area contributed by atoms with E-state index < -0.39 is 4.92 Å². The molecule has 1 aliphatic rings. The van der Waals surface area contributed by atoms with Crippen LogP contribution in [0.25, 0.3) is 0 Å². The molecule has 1 unspecified atom stereocenters. The van der Waals surface area contributed by atoms with Crippen LogP contribution < -0.4 is 5.32 Å². The van der Waals surface area contributed by atoms with Crippen LogP contribution in [0.4, 0.5) is 5.69 Å². The van der Waals surface area contributed by atoms with Crippen LogP contribution in [-0.4, -0.2) is 41.9 Å². The first-order valence-electron chi connectivity index (χ1n) is 6.22. The van der Waals surface area contributed by atoms with Crippen molar-refractivity contribution in [2.75, 3.05) is 20.1 Å². The summed E-state index contributed by atoms with van der Waals surface area (Å²) in [4.78, 5) is 24.3. The molecule has 1 saturated heterocycles. The summed E-state index contributed by atoms with van der Waals surface area (Å²) in [6.45, 7) is 3.40. The number of non-ortho nitro benzene ring substituents is 1. The summed E-state index contributed by atoms with van der Waals surface area (Å²) in [7, 11) is 1.78. The third-order valence-electron chi connectivity index (χ3n) is 3.61. The normalized spacial score (nSPS) is 16.5. The van der Waals surface area contributed by atoms with Crippen LogP contribution in [-0.2, 0) is 4.79 Å². The predicted molar refractivity (Wildman–Crippen MR) is 70.9 cm³/mol. The van der Waals surface area contributed by atoms with Crippen molar-refractivity contribution in [1.29, 1.82) is 0 Å². The molecule has 0 bridgehead atoms. The Balaban J connectivity index is 2.13. The molecule has 0 spiro atoms. The van der Waals surface area contributed by atoms with E-state index in [9.17, 15) is 14.9 Å². The van der Waals surface area contributed by atoms with Crippen LogP contribution >= 0.6 is 0 Å². The van der Waals surface area contributed by atoms with Gasteiger partial charge in [0.25, 0.3) is 5.69 Å². The van der Waals surface area contributed by atoms with Gasteiger partial charge in [-0.1, -0.05) is 12.1 Å². The van der Waals surface area contributed by atoms with Gasteiger partial charge in [-0.2, -0.15) is 0 Å². The molecule has 1 N–H and O–H groups in total. The van der Waals surface area contributed by atoms with Crippen molar-refractivity contribution in [3.63, 3.8) is 0 Å². The van der Waals surface area contributed by atoms with Crippen molar-refractivity contribution < 1.29 is 9.72 Å². The zero-order valence-corrected chi connectivity index (χ0v) is 11.0. The van der Waals surface area contributed by atoms with E-state index >= 15 is 0 Å². The second-order valence-corrected chi connectivity index (χ2v) is 4.83. The molecule has 1 aromatic rings. The van der Waals surface area contributed by atoms with E-state index in [4.69, 9.17) is 0 Å². The lowest BCUT2D eigenvalue weighted by molar-refractivity contribution is -0.384. The molecule has 6 heteroatoms. The first-order chi connectivity index (χ1) is 9.00. The Bertz CT molecular complexity index is 500. The van der Waals surface area contributed by atoms with Gasteiger partial charge < -0.3 is 10.2 Å². The van der Waals surface area contributed by atoms with Gasteiger partial charge in [0.15, 0.2) is 0 Å². The molecule has 1 aliphatic heterocycles. The summed E-state index contributed by atoms with van der Waals surface area (Å²) in [5, 5.41) is 13.9. The topological polar surface area (TPSA) is 75.5 Å². The van der Waals surface area contributed by atoms with Crippen molar-refractivity contribution in [3.8, 4) is 0 Å². The average molecular weight is 263 g/mol. The monoisotopic (exact) mass is 263 g/mol. The number of hydrogen-bond acceptors (Lipinski definition) is 4. The minimum atomic E-state index is -0.444. The second-order valence-electron chi connectivity index (χ2n) is 4.83. The van der Waals surface area contributed by atoms with E-state index in [1.165, 1.54) is 12.1 Å². The fourth-order valence-corrected chi connectivity index (χ4v) is 2.08. The lowest BCUT2D eigenvalue weighted by atomic mass is 9.98. The SMILES string of the molecule is CC(C(=O)N(C)C1CNC1)c1cccc([N+](=O)[O-])c1. The van der Waals surface area contributed by atoms with Gasteiger partial charge in [0.05, 0.1) is 16.9 Å². The van der Waals surface area contributed by atoms with Gasteiger partial charge in [-0.05, 0) is 12.5 Å². The molecule has 6 nitrogen and oxygen atoms in total. The number of nitro benzene ring substituents is 1. The average Bonchev–Trinajstić information content (AvgIpc) is 2.35. The quantitative estimate of drug-likeness (QED) is 0.652. The summed E-state index contributed by atoms with van der Waals surface area (Å²) in [6, 6.07) is 6.49. The number of nitrogens with one attached hydrogen (secondary N) is 1. The number of likely N-dealkylation sites (N-methyl/N-ethyl adjacent to an activating group) is 1. The van der Waals surface area contributed by atoms with Crippen molar-refractivity contribution in [2.45, 2.75) is 18.9 Å². The summed E-state index contributed by atoms with van der Waals surface area (Å²) in [6.07, 6.45) is 0. The fraction of sp³-hybridized carbons (Fsp3) is 0.462. The molecule has 1 aromatic carbocycles. The highest BCUT2D eigenvalue weighted by Gasteiger charge is 2.29. The van der Waals surface area contributed by atoms with E-state index in [-0.39, 0.29) is 23.6 Å². The maximum Gasteiger partial charge on any atom is 0.269 e. The van der Waals surface area contributed by atoms with Crippen LogP contribution in [0.15, 0.2) is 24.3 Å². The van der Waals surface area contributed by atoms with Crippen molar-refractivity contribution in [1.82, 2.24) is 10.2 Å². The molecular weight excluding hydrogens is 246 g/mol. The maximum atomic E-state index is 12.3. The molecule has 0 aliphatic carbocycles. The lowest BCUT2D eigenvalue weighted by Gasteiger charge is -2.37. The highest BCUT2D eigenvalue weighted by molar-refractivity contribution is 5.83. The van der Waals surface area contributed by atoms with Crippen molar-refractivity contribution in [2.24, 2.45) is 0 Å². The molecular formula is C13H17N3O3. The van der Waals surface area contributed by atoms with Crippen LogP contribution in [0.3, 0.4) is 0 Å². The maximum absolute atomic E-state index is 12.3. The summed E-state index contributed by atoms with van der Waals surface area (Å²) in [5.41, 5.74) is 0.698. The van der Waals surface area contributed by atoms with Crippen molar-refractivity contribution in [3.05, 3.63) is 39.9 Å². The Hall–Kier alpha value is -1.95.